The highest BCUT2D eigenvalue weighted by molar-refractivity contribution is 6.31. The number of aliphatic carboxylic acids is 1. The zero-order chi connectivity index (χ0) is 11.6. The highest BCUT2D eigenvalue weighted by atomic mass is 35.5. The Balaban J connectivity index is 3.06. The number of carboxylic acids is 1. The molecule has 0 spiro atoms. The van der Waals surface area contributed by atoms with Gasteiger partial charge in [-0.2, -0.15) is 0 Å². The van der Waals surface area contributed by atoms with E-state index in [0.29, 0.717) is 5.02 Å². The molecule has 0 aliphatic rings. The molecule has 1 N–H and O–H groups in total. The second-order valence-corrected chi connectivity index (χ2v) is 3.92. The van der Waals surface area contributed by atoms with Gasteiger partial charge in [0.2, 0.25) is 0 Å². The number of hydrogen-bond donors (Lipinski definition) is 1. The highest BCUT2D eigenvalue weighted by Gasteiger charge is 2.18. The molecule has 1 aromatic rings. The molecule has 82 valence electrons. The second-order valence-electron chi connectivity index (χ2n) is 3.51. The Hall–Kier alpha value is -1.22. The van der Waals surface area contributed by atoms with Crippen LogP contribution < -0.4 is 4.90 Å². The molecule has 4 heteroatoms. The first-order valence-corrected chi connectivity index (χ1v) is 5.03. The Morgan fingerprint density at radius 3 is 2.67 bits per heavy atom. The second kappa shape index (κ2) is 4.53. The van der Waals surface area contributed by atoms with Crippen molar-refractivity contribution in [2.75, 3.05) is 11.9 Å². The van der Waals surface area contributed by atoms with Crippen molar-refractivity contribution in [1.82, 2.24) is 0 Å². The van der Waals surface area contributed by atoms with E-state index < -0.39 is 12.0 Å². The van der Waals surface area contributed by atoms with E-state index >= 15 is 0 Å². The van der Waals surface area contributed by atoms with Gasteiger partial charge < -0.3 is 10.0 Å². The molecule has 0 bridgehead atoms. The van der Waals surface area contributed by atoms with Crippen LogP contribution in [0, 0.1) is 6.92 Å². The number of rotatable bonds is 3. The molecule has 0 aliphatic carbocycles. The molecule has 0 heterocycles. The van der Waals surface area contributed by atoms with E-state index in [2.05, 4.69) is 0 Å². The summed E-state index contributed by atoms with van der Waals surface area (Å²) in [5.74, 6) is -0.850. The van der Waals surface area contributed by atoms with Crippen molar-refractivity contribution in [2.24, 2.45) is 0 Å². The molecule has 0 aliphatic heterocycles. The summed E-state index contributed by atoms with van der Waals surface area (Å²) in [5.41, 5.74) is 1.74. The summed E-state index contributed by atoms with van der Waals surface area (Å²) in [6, 6.07) is 4.90. The van der Waals surface area contributed by atoms with E-state index in [1.54, 1.807) is 24.9 Å². The average Bonchev–Trinajstić information content (AvgIpc) is 2.20. The van der Waals surface area contributed by atoms with E-state index in [0.717, 1.165) is 11.3 Å². The number of halogens is 1. The summed E-state index contributed by atoms with van der Waals surface area (Å²) < 4.78 is 0. The van der Waals surface area contributed by atoms with Gasteiger partial charge in [0.1, 0.15) is 6.04 Å². The van der Waals surface area contributed by atoms with Crippen LogP contribution in [0.4, 0.5) is 5.69 Å². The predicted molar refractivity (Wildman–Crippen MR) is 61.7 cm³/mol. The van der Waals surface area contributed by atoms with Crippen LogP contribution in [0.25, 0.3) is 0 Å². The molecule has 0 saturated carbocycles. The van der Waals surface area contributed by atoms with Crippen LogP contribution >= 0.6 is 11.6 Å². The van der Waals surface area contributed by atoms with Crippen LogP contribution in [-0.2, 0) is 4.79 Å². The number of carboxylic acid groups (broad SMARTS) is 1. The van der Waals surface area contributed by atoms with Crippen molar-refractivity contribution in [3.8, 4) is 0 Å². The fraction of sp³-hybridized carbons (Fsp3) is 0.364. The summed E-state index contributed by atoms with van der Waals surface area (Å²) in [5, 5.41) is 9.55. The number of carbonyl (C=O) groups is 1. The van der Waals surface area contributed by atoms with Crippen molar-refractivity contribution in [1.29, 1.82) is 0 Å². The zero-order valence-corrected chi connectivity index (χ0v) is 9.75. The van der Waals surface area contributed by atoms with Gasteiger partial charge in [0.05, 0.1) is 0 Å². The molecule has 0 aromatic heterocycles. The Kier molecular flexibility index (Phi) is 3.58. The van der Waals surface area contributed by atoms with E-state index in [4.69, 9.17) is 16.7 Å². The van der Waals surface area contributed by atoms with Gasteiger partial charge in [-0.15, -0.1) is 0 Å². The lowest BCUT2D eigenvalue weighted by Crippen LogP contribution is -2.36. The molecule has 1 rings (SSSR count). The van der Waals surface area contributed by atoms with Crippen molar-refractivity contribution in [3.05, 3.63) is 28.8 Å². The minimum absolute atomic E-state index is 0.567. The standard InChI is InChI=1S/C11H14ClNO2/c1-7-9(12)5-4-6-10(7)13(3)8(2)11(14)15/h4-6,8H,1-3H3,(H,14,15)/t8-/m0/s1. The van der Waals surface area contributed by atoms with E-state index in [9.17, 15) is 4.79 Å². The summed E-state index contributed by atoms with van der Waals surface area (Å²) in [6.45, 7) is 3.52. The Morgan fingerprint density at radius 2 is 2.13 bits per heavy atom. The molecule has 3 nitrogen and oxygen atoms in total. The zero-order valence-electron chi connectivity index (χ0n) is 8.99. The summed E-state index contributed by atoms with van der Waals surface area (Å²) in [6.07, 6.45) is 0. The van der Waals surface area contributed by atoms with E-state index in [1.165, 1.54) is 0 Å². The van der Waals surface area contributed by atoms with Crippen LogP contribution in [0.3, 0.4) is 0 Å². The van der Waals surface area contributed by atoms with Gasteiger partial charge in [-0.25, -0.2) is 4.79 Å². The average molecular weight is 228 g/mol. The van der Waals surface area contributed by atoms with Crippen molar-refractivity contribution in [2.45, 2.75) is 19.9 Å². The van der Waals surface area contributed by atoms with Gasteiger partial charge in [0.25, 0.3) is 0 Å². The van der Waals surface area contributed by atoms with Crippen LogP contribution in [0.15, 0.2) is 18.2 Å². The number of hydrogen-bond acceptors (Lipinski definition) is 2. The maximum atomic E-state index is 10.8. The van der Waals surface area contributed by atoms with Gasteiger partial charge in [-0.1, -0.05) is 17.7 Å². The highest BCUT2D eigenvalue weighted by Crippen LogP contribution is 2.26. The lowest BCUT2D eigenvalue weighted by Gasteiger charge is -2.25. The third-order valence-electron chi connectivity index (χ3n) is 2.56. The third-order valence-corrected chi connectivity index (χ3v) is 2.97. The maximum Gasteiger partial charge on any atom is 0.326 e. The van der Waals surface area contributed by atoms with Gasteiger partial charge in [-0.05, 0) is 31.5 Å². The Morgan fingerprint density at radius 1 is 1.53 bits per heavy atom. The van der Waals surface area contributed by atoms with E-state index in [-0.39, 0.29) is 0 Å². The van der Waals surface area contributed by atoms with Crippen molar-refractivity contribution >= 4 is 23.3 Å². The lowest BCUT2D eigenvalue weighted by molar-refractivity contribution is -0.138. The summed E-state index contributed by atoms with van der Waals surface area (Å²) in [7, 11) is 1.75. The summed E-state index contributed by atoms with van der Waals surface area (Å²) in [4.78, 5) is 12.5. The molecule has 1 atom stereocenters. The maximum absolute atomic E-state index is 10.8. The monoisotopic (exact) mass is 227 g/mol. The molecule has 0 amide bonds. The van der Waals surface area contributed by atoms with E-state index in [1.807, 2.05) is 19.1 Å². The largest absolute Gasteiger partial charge is 0.480 e. The van der Waals surface area contributed by atoms with Crippen LogP contribution in [0.5, 0.6) is 0 Å². The molecule has 1 aromatic carbocycles. The lowest BCUT2D eigenvalue weighted by atomic mass is 10.1. The van der Waals surface area contributed by atoms with Crippen molar-refractivity contribution < 1.29 is 9.90 Å². The van der Waals surface area contributed by atoms with Crippen LogP contribution in [0.1, 0.15) is 12.5 Å². The fourth-order valence-electron chi connectivity index (χ4n) is 1.35. The Labute approximate surface area is 94.3 Å². The quantitative estimate of drug-likeness (QED) is 0.863. The topological polar surface area (TPSA) is 40.5 Å². The van der Waals surface area contributed by atoms with Crippen LogP contribution in [-0.4, -0.2) is 24.2 Å². The Bertz CT molecular complexity index is 379. The predicted octanol–water partition coefficient (Wildman–Crippen LogP) is 2.56. The molecule has 15 heavy (non-hydrogen) atoms. The smallest absolute Gasteiger partial charge is 0.326 e. The molecule has 0 fully saturated rings. The third kappa shape index (κ3) is 2.42. The minimum Gasteiger partial charge on any atom is -0.480 e. The fourth-order valence-corrected chi connectivity index (χ4v) is 1.52. The van der Waals surface area contributed by atoms with Crippen molar-refractivity contribution in [3.63, 3.8) is 0 Å². The first-order chi connectivity index (χ1) is 6.95. The number of likely N-dealkylation sites (N-methyl/N-ethyl adjacent to an activating group) is 1. The van der Waals surface area contributed by atoms with Gasteiger partial charge in [0, 0.05) is 17.8 Å². The molecule has 0 radical (unpaired) electrons. The molecule has 0 unspecified atom stereocenters. The van der Waals surface area contributed by atoms with Gasteiger partial charge >= 0.3 is 5.97 Å². The minimum atomic E-state index is -0.850. The SMILES string of the molecule is Cc1c(Cl)cccc1N(C)[C@@H](C)C(=O)O. The van der Waals surface area contributed by atoms with Gasteiger partial charge in [-0.3, -0.25) is 0 Å². The summed E-state index contributed by atoms with van der Waals surface area (Å²) >= 11 is 5.97. The number of benzene rings is 1. The molecular weight excluding hydrogens is 214 g/mol. The van der Waals surface area contributed by atoms with Crippen LogP contribution in [0.2, 0.25) is 5.02 Å². The molecular formula is C11H14ClNO2. The molecule has 0 saturated heterocycles. The number of nitrogens with zero attached hydrogens (tertiary/aromatic N) is 1. The first-order valence-electron chi connectivity index (χ1n) is 4.66. The van der Waals surface area contributed by atoms with Gasteiger partial charge in [0.15, 0.2) is 0 Å². The first kappa shape index (κ1) is 11.9. The normalized spacial score (nSPS) is 12.3. The number of anilines is 1.